The van der Waals surface area contributed by atoms with E-state index in [1.165, 1.54) is 0 Å². The number of hydrogen-bond donors (Lipinski definition) is 2. The Morgan fingerprint density at radius 2 is 1.38 bits per heavy atom. The van der Waals surface area contributed by atoms with Crippen molar-refractivity contribution in [1.29, 1.82) is 0 Å². The second kappa shape index (κ2) is 17.4. The van der Waals surface area contributed by atoms with Gasteiger partial charge in [-0.15, -0.1) is 0 Å². The van der Waals surface area contributed by atoms with Gasteiger partial charge in [0.25, 0.3) is 0 Å². The van der Waals surface area contributed by atoms with Gasteiger partial charge in [-0.05, 0) is 52.3 Å². The minimum atomic E-state index is -0.968. The number of nitrogens with one attached hydrogen (secondary N) is 1. The zero-order valence-electron chi connectivity index (χ0n) is 25.4. The van der Waals surface area contributed by atoms with Crippen molar-refractivity contribution >= 4 is 30.1 Å². The molecule has 1 aromatic rings. The Morgan fingerprint density at radius 3 is 1.88 bits per heavy atom. The topological polar surface area (TPSA) is 151 Å². The van der Waals surface area contributed by atoms with E-state index in [9.17, 15) is 24.3 Å². The summed E-state index contributed by atoms with van der Waals surface area (Å²) in [7, 11) is 0. The van der Waals surface area contributed by atoms with E-state index >= 15 is 0 Å². The number of pyridine rings is 1. The molecule has 1 aromatic heterocycles. The number of amides is 1. The predicted octanol–water partition coefficient (Wildman–Crippen LogP) is 1.75. The van der Waals surface area contributed by atoms with E-state index in [-0.39, 0.29) is 57.9 Å². The van der Waals surface area contributed by atoms with Crippen LogP contribution in [0.25, 0.3) is 6.08 Å². The molecule has 2 bridgehead atoms. The highest BCUT2D eigenvalue weighted by molar-refractivity contribution is 5.72. The molecule has 1 aliphatic heterocycles. The van der Waals surface area contributed by atoms with Gasteiger partial charge in [0.05, 0.1) is 44.2 Å². The van der Waals surface area contributed by atoms with Gasteiger partial charge in [0.2, 0.25) is 0 Å². The summed E-state index contributed by atoms with van der Waals surface area (Å²) in [5, 5.41) is 12.2. The number of aromatic nitrogens is 1. The lowest BCUT2D eigenvalue weighted by atomic mass is 10.1. The molecule has 234 valence electrons. The third kappa shape index (κ3) is 14.4. The number of carbonyl (C=O) groups excluding carboxylic acids is 3. The van der Waals surface area contributed by atoms with Crippen LogP contribution >= 0.6 is 0 Å². The quantitative estimate of drug-likeness (QED) is 0.285. The number of rotatable bonds is 11. The number of esters is 2. The first kappa shape index (κ1) is 34.7. The van der Waals surface area contributed by atoms with Gasteiger partial charge >= 0.3 is 24.0 Å². The number of alkyl carbamates (subject to hydrolysis) is 1. The Balaban J connectivity index is 2.32. The van der Waals surface area contributed by atoms with Gasteiger partial charge in [-0.2, -0.15) is 0 Å². The first-order valence-corrected chi connectivity index (χ1v) is 14.2. The molecule has 0 atom stereocenters. The van der Waals surface area contributed by atoms with E-state index in [0.29, 0.717) is 44.1 Å². The second-order valence-electron chi connectivity index (χ2n) is 10.9. The molecule has 1 aliphatic rings. The number of carboxylic acid groups (broad SMARTS) is 1. The van der Waals surface area contributed by atoms with E-state index in [4.69, 9.17) is 19.2 Å². The molecular formula is C29H45N5O8. The van der Waals surface area contributed by atoms with Crippen molar-refractivity contribution in [3.8, 4) is 0 Å². The minimum Gasteiger partial charge on any atom is -0.480 e. The third-order valence-electron chi connectivity index (χ3n) is 5.94. The summed E-state index contributed by atoms with van der Waals surface area (Å²) in [6, 6.07) is 3.75. The largest absolute Gasteiger partial charge is 0.480 e. The third-order valence-corrected chi connectivity index (χ3v) is 5.94. The van der Waals surface area contributed by atoms with Crippen LogP contribution < -0.4 is 5.32 Å². The summed E-state index contributed by atoms with van der Waals surface area (Å²) in [6.07, 6.45) is 3.11. The maximum Gasteiger partial charge on any atom is 0.407 e. The number of carboxylic acids is 1. The highest BCUT2D eigenvalue weighted by Gasteiger charge is 2.21. The summed E-state index contributed by atoms with van der Waals surface area (Å²) in [4.78, 5) is 58.6. The lowest BCUT2D eigenvalue weighted by Gasteiger charge is -2.30. The molecule has 1 amide bonds. The fourth-order valence-electron chi connectivity index (χ4n) is 4.28. The summed E-state index contributed by atoms with van der Waals surface area (Å²) < 4.78 is 15.6. The van der Waals surface area contributed by atoms with Crippen molar-refractivity contribution in [3.05, 3.63) is 35.2 Å². The molecule has 2 N–H and O–H groups in total. The van der Waals surface area contributed by atoms with Gasteiger partial charge in [-0.1, -0.05) is 12.2 Å². The van der Waals surface area contributed by atoms with Crippen LogP contribution in [-0.4, -0.2) is 120 Å². The Bertz CT molecular complexity index is 1090. The zero-order chi connectivity index (χ0) is 31.1. The first-order valence-electron chi connectivity index (χ1n) is 14.2. The van der Waals surface area contributed by atoms with Crippen LogP contribution in [0.15, 0.2) is 18.2 Å². The normalized spacial score (nSPS) is 15.8. The molecule has 13 nitrogen and oxygen atoms in total. The average molecular weight is 592 g/mol. The zero-order valence-corrected chi connectivity index (χ0v) is 25.4. The molecule has 0 saturated carbocycles. The molecule has 2 rings (SSSR count). The second-order valence-corrected chi connectivity index (χ2v) is 10.9. The molecule has 42 heavy (non-hydrogen) atoms. The van der Waals surface area contributed by atoms with Crippen molar-refractivity contribution in [3.63, 3.8) is 0 Å². The lowest BCUT2D eigenvalue weighted by molar-refractivity contribution is -0.146. The summed E-state index contributed by atoms with van der Waals surface area (Å²) in [6.45, 7) is 11.8. The predicted molar refractivity (Wildman–Crippen MR) is 155 cm³/mol. The van der Waals surface area contributed by atoms with Crippen molar-refractivity contribution in [2.75, 3.05) is 65.6 Å². The molecule has 2 heterocycles. The van der Waals surface area contributed by atoms with Gasteiger partial charge in [-0.3, -0.25) is 34.1 Å². The average Bonchev–Trinajstić information content (AvgIpc) is 2.86. The van der Waals surface area contributed by atoms with Gasteiger partial charge < -0.3 is 24.6 Å². The maximum absolute atomic E-state index is 12.4. The number of fused-ring (bicyclic) bond motifs is 2. The van der Waals surface area contributed by atoms with E-state index < -0.39 is 17.7 Å². The lowest BCUT2D eigenvalue weighted by Crippen LogP contribution is -2.44. The standard InChI is InChI=1S/C29H45N5O8/c1-6-40-26(37)20-32-11-13-33(19-25(35)36)17-23-15-22(9-8-10-30-28(39)42-29(3,4)5)16-24(31-23)18-34(14-12-32)21-27(38)41-7-2/h8-9,15-16H,6-7,10-14,17-21H2,1-5H3,(H,30,39)(H,35,36)/b9-8-. The maximum atomic E-state index is 12.4. The van der Waals surface area contributed by atoms with Crippen LogP contribution in [0.1, 0.15) is 51.6 Å². The smallest absolute Gasteiger partial charge is 0.407 e. The van der Waals surface area contributed by atoms with Crippen LogP contribution in [0.2, 0.25) is 0 Å². The van der Waals surface area contributed by atoms with Gasteiger partial charge in [0.1, 0.15) is 5.60 Å². The van der Waals surface area contributed by atoms with Crippen LogP contribution in [0.5, 0.6) is 0 Å². The monoisotopic (exact) mass is 591 g/mol. The van der Waals surface area contributed by atoms with E-state index in [2.05, 4.69) is 5.32 Å². The Hall–Kier alpha value is -3.55. The van der Waals surface area contributed by atoms with Crippen molar-refractivity contribution in [1.82, 2.24) is 25.0 Å². The van der Waals surface area contributed by atoms with Crippen LogP contribution in [-0.2, 0) is 41.7 Å². The van der Waals surface area contributed by atoms with E-state index in [1.54, 1.807) is 45.6 Å². The van der Waals surface area contributed by atoms with Gasteiger partial charge in [0.15, 0.2) is 0 Å². The van der Waals surface area contributed by atoms with Crippen LogP contribution in [0.4, 0.5) is 4.79 Å². The minimum absolute atomic E-state index is 0.0448. The van der Waals surface area contributed by atoms with Crippen molar-refractivity contribution < 1.29 is 38.5 Å². The Kier molecular flexibility index (Phi) is 14.4. The van der Waals surface area contributed by atoms with E-state index in [0.717, 1.165) is 5.56 Å². The first-order chi connectivity index (χ1) is 19.9. The summed E-state index contributed by atoms with van der Waals surface area (Å²) in [5.74, 6) is -1.70. The fourth-order valence-corrected chi connectivity index (χ4v) is 4.28. The highest BCUT2D eigenvalue weighted by Crippen LogP contribution is 2.14. The molecule has 0 spiro atoms. The fraction of sp³-hybridized carbons (Fsp3) is 0.621. The molecule has 0 aromatic carbocycles. The molecule has 0 radical (unpaired) electrons. The van der Waals surface area contributed by atoms with Crippen molar-refractivity contribution in [2.45, 2.75) is 53.3 Å². The SMILES string of the molecule is CCOC(=O)CN1CCN(CC(=O)O)Cc2cc(/C=C\CNC(=O)OC(C)(C)C)cc(n2)CN(CC(=O)OCC)CC1. The highest BCUT2D eigenvalue weighted by atomic mass is 16.6. The van der Waals surface area contributed by atoms with E-state index in [1.807, 2.05) is 28.0 Å². The number of nitrogens with zero attached hydrogens (tertiary/aromatic N) is 4. The molecule has 13 heteroatoms. The van der Waals surface area contributed by atoms with Crippen LogP contribution in [0, 0.1) is 0 Å². The molecule has 0 aliphatic carbocycles. The van der Waals surface area contributed by atoms with Gasteiger partial charge in [0, 0.05) is 45.8 Å². The molecular weight excluding hydrogens is 546 g/mol. The van der Waals surface area contributed by atoms with Gasteiger partial charge in [-0.25, -0.2) is 4.79 Å². The number of ether oxygens (including phenoxy) is 3. The number of hydrogen-bond acceptors (Lipinski definition) is 11. The Morgan fingerprint density at radius 1 is 0.881 bits per heavy atom. The number of aliphatic carboxylic acids is 1. The number of carbonyl (C=O) groups is 4. The Labute approximate surface area is 247 Å². The molecule has 0 unspecified atom stereocenters. The van der Waals surface area contributed by atoms with Crippen LogP contribution in [0.3, 0.4) is 0 Å². The van der Waals surface area contributed by atoms with Crippen molar-refractivity contribution in [2.24, 2.45) is 0 Å². The molecule has 0 saturated heterocycles. The summed E-state index contributed by atoms with van der Waals surface area (Å²) >= 11 is 0. The molecule has 0 fully saturated rings. The summed E-state index contributed by atoms with van der Waals surface area (Å²) in [5.41, 5.74) is 1.55.